The van der Waals surface area contributed by atoms with E-state index in [0.29, 0.717) is 27.1 Å². The van der Waals surface area contributed by atoms with Gasteiger partial charge < -0.3 is 15.2 Å². The molecule has 0 saturated carbocycles. The number of nitrogens with two attached hydrogens (primary N) is 1. The van der Waals surface area contributed by atoms with Crippen LogP contribution in [0.2, 0.25) is 10.0 Å². The first-order valence-electron chi connectivity index (χ1n) is 6.10. The van der Waals surface area contributed by atoms with Crippen LogP contribution in [0, 0.1) is 5.41 Å². The van der Waals surface area contributed by atoms with Gasteiger partial charge in [0.1, 0.15) is 12.4 Å². The first kappa shape index (κ1) is 15.5. The van der Waals surface area contributed by atoms with Crippen molar-refractivity contribution in [3.8, 4) is 11.5 Å². The van der Waals surface area contributed by atoms with Crippen molar-refractivity contribution in [2.24, 2.45) is 5.73 Å². The normalized spacial score (nSPS) is 10.2. The SMILES string of the molecule is COc1cc(C(=N)N)ccc1OCc1cc(Cl)ccc1Cl. The van der Waals surface area contributed by atoms with Crippen molar-refractivity contribution in [3.63, 3.8) is 0 Å². The van der Waals surface area contributed by atoms with Crippen molar-refractivity contribution in [1.82, 2.24) is 0 Å². The van der Waals surface area contributed by atoms with Crippen LogP contribution in [0.5, 0.6) is 11.5 Å². The van der Waals surface area contributed by atoms with E-state index >= 15 is 0 Å². The maximum absolute atomic E-state index is 7.42. The molecule has 3 N–H and O–H groups in total. The Balaban J connectivity index is 2.19. The predicted octanol–water partition coefficient (Wildman–Crippen LogP) is 3.87. The minimum Gasteiger partial charge on any atom is -0.493 e. The Morgan fingerprint density at radius 3 is 2.57 bits per heavy atom. The predicted molar refractivity (Wildman–Crippen MR) is 84.8 cm³/mol. The fourth-order valence-electron chi connectivity index (χ4n) is 1.76. The van der Waals surface area contributed by atoms with Crippen LogP contribution in [0.25, 0.3) is 0 Å². The Hall–Kier alpha value is -1.91. The first-order chi connectivity index (χ1) is 10.0. The lowest BCUT2D eigenvalue weighted by molar-refractivity contribution is 0.284. The van der Waals surface area contributed by atoms with Crippen molar-refractivity contribution < 1.29 is 9.47 Å². The second-order valence-corrected chi connectivity index (χ2v) is 5.15. The molecule has 0 aliphatic rings. The van der Waals surface area contributed by atoms with Crippen molar-refractivity contribution in [1.29, 1.82) is 5.41 Å². The molecular weight excluding hydrogens is 311 g/mol. The monoisotopic (exact) mass is 324 g/mol. The van der Waals surface area contributed by atoms with E-state index in [1.54, 1.807) is 36.4 Å². The minimum atomic E-state index is -0.0299. The van der Waals surface area contributed by atoms with Gasteiger partial charge >= 0.3 is 0 Å². The van der Waals surface area contributed by atoms with Gasteiger partial charge in [0.2, 0.25) is 0 Å². The van der Waals surface area contributed by atoms with E-state index in [4.69, 9.17) is 43.8 Å². The minimum absolute atomic E-state index is 0.0299. The van der Waals surface area contributed by atoms with Crippen LogP contribution in [0.15, 0.2) is 36.4 Å². The molecule has 0 unspecified atom stereocenters. The number of hydrogen-bond donors (Lipinski definition) is 2. The molecule has 2 aromatic rings. The highest BCUT2D eigenvalue weighted by atomic mass is 35.5. The average molecular weight is 325 g/mol. The van der Waals surface area contributed by atoms with Gasteiger partial charge in [0.05, 0.1) is 7.11 Å². The summed E-state index contributed by atoms with van der Waals surface area (Å²) in [6, 6.07) is 10.2. The van der Waals surface area contributed by atoms with Crippen molar-refractivity contribution in [2.45, 2.75) is 6.61 Å². The number of nitrogen functional groups attached to an aromatic ring is 1. The Bertz CT molecular complexity index is 675. The molecule has 0 aliphatic carbocycles. The smallest absolute Gasteiger partial charge is 0.161 e. The number of methoxy groups -OCH3 is 1. The van der Waals surface area contributed by atoms with E-state index in [9.17, 15) is 0 Å². The van der Waals surface area contributed by atoms with Crippen LogP contribution in [0.1, 0.15) is 11.1 Å². The first-order valence-corrected chi connectivity index (χ1v) is 6.86. The second kappa shape index (κ2) is 6.70. The topological polar surface area (TPSA) is 68.3 Å². The molecule has 110 valence electrons. The van der Waals surface area contributed by atoms with Gasteiger partial charge in [-0.05, 0) is 36.4 Å². The van der Waals surface area contributed by atoms with Crippen LogP contribution in [-0.2, 0) is 6.61 Å². The molecule has 0 spiro atoms. The van der Waals surface area contributed by atoms with Crippen LogP contribution in [0.3, 0.4) is 0 Å². The van der Waals surface area contributed by atoms with E-state index in [2.05, 4.69) is 0 Å². The maximum atomic E-state index is 7.42. The van der Waals surface area contributed by atoms with Crippen LogP contribution in [-0.4, -0.2) is 12.9 Å². The third kappa shape index (κ3) is 3.80. The molecule has 0 radical (unpaired) electrons. The summed E-state index contributed by atoms with van der Waals surface area (Å²) >= 11 is 12.0. The molecule has 0 aliphatic heterocycles. The lowest BCUT2D eigenvalue weighted by Gasteiger charge is -2.12. The molecule has 0 fully saturated rings. The fourth-order valence-corrected chi connectivity index (χ4v) is 2.13. The summed E-state index contributed by atoms with van der Waals surface area (Å²) in [7, 11) is 1.53. The van der Waals surface area contributed by atoms with Crippen LogP contribution in [0.4, 0.5) is 0 Å². The van der Waals surface area contributed by atoms with Gasteiger partial charge in [-0.3, -0.25) is 5.41 Å². The number of ether oxygens (including phenoxy) is 2. The second-order valence-electron chi connectivity index (χ2n) is 4.30. The van der Waals surface area contributed by atoms with Crippen LogP contribution < -0.4 is 15.2 Å². The largest absolute Gasteiger partial charge is 0.493 e. The van der Waals surface area contributed by atoms with E-state index < -0.39 is 0 Å². The molecule has 21 heavy (non-hydrogen) atoms. The molecule has 4 nitrogen and oxygen atoms in total. The number of hydrogen-bond acceptors (Lipinski definition) is 3. The number of halogens is 2. The zero-order valence-electron chi connectivity index (χ0n) is 11.3. The number of benzene rings is 2. The Labute approximate surface area is 132 Å². The van der Waals surface area contributed by atoms with Gasteiger partial charge in [-0.25, -0.2) is 0 Å². The Kier molecular flexibility index (Phi) is 4.94. The zero-order valence-corrected chi connectivity index (χ0v) is 12.8. The molecule has 0 heterocycles. The highest BCUT2D eigenvalue weighted by molar-refractivity contribution is 6.33. The van der Waals surface area contributed by atoms with Gasteiger partial charge in [0.15, 0.2) is 11.5 Å². The third-order valence-corrected chi connectivity index (χ3v) is 3.47. The third-order valence-electron chi connectivity index (χ3n) is 2.87. The lowest BCUT2D eigenvalue weighted by atomic mass is 10.2. The summed E-state index contributed by atoms with van der Waals surface area (Å²) in [5, 5.41) is 8.59. The number of rotatable bonds is 5. The molecule has 2 rings (SSSR count). The molecular formula is C15H14Cl2N2O2. The van der Waals surface area contributed by atoms with Crippen LogP contribution >= 0.6 is 23.2 Å². The highest BCUT2D eigenvalue weighted by Crippen LogP contribution is 2.30. The Morgan fingerprint density at radius 2 is 1.90 bits per heavy atom. The Morgan fingerprint density at radius 1 is 1.14 bits per heavy atom. The molecule has 6 heteroatoms. The van der Waals surface area contributed by atoms with Crippen molar-refractivity contribution >= 4 is 29.0 Å². The zero-order chi connectivity index (χ0) is 15.4. The molecule has 0 atom stereocenters. The van der Waals surface area contributed by atoms with Gasteiger partial charge in [-0.1, -0.05) is 23.2 Å². The van der Waals surface area contributed by atoms with E-state index in [1.165, 1.54) is 7.11 Å². The van der Waals surface area contributed by atoms with E-state index in [1.807, 2.05) is 0 Å². The molecule has 0 amide bonds. The molecule has 2 aromatic carbocycles. The fraction of sp³-hybridized carbons (Fsp3) is 0.133. The molecule has 0 aromatic heterocycles. The van der Waals surface area contributed by atoms with Crippen molar-refractivity contribution in [2.75, 3.05) is 7.11 Å². The average Bonchev–Trinajstić information content (AvgIpc) is 2.47. The van der Waals surface area contributed by atoms with E-state index in [-0.39, 0.29) is 12.4 Å². The quantitative estimate of drug-likeness (QED) is 0.648. The van der Waals surface area contributed by atoms with Gasteiger partial charge in [-0.2, -0.15) is 0 Å². The maximum Gasteiger partial charge on any atom is 0.161 e. The number of amidine groups is 1. The van der Waals surface area contributed by atoms with Gasteiger partial charge in [-0.15, -0.1) is 0 Å². The van der Waals surface area contributed by atoms with E-state index in [0.717, 1.165) is 5.56 Å². The standard InChI is InChI=1S/C15H14Cl2N2O2/c1-20-14-7-9(15(18)19)2-5-13(14)21-8-10-6-11(16)3-4-12(10)17/h2-7H,8H2,1H3,(H3,18,19). The van der Waals surface area contributed by atoms with Gasteiger partial charge in [0, 0.05) is 21.2 Å². The molecule has 0 saturated heterocycles. The summed E-state index contributed by atoms with van der Waals surface area (Å²) in [4.78, 5) is 0. The van der Waals surface area contributed by atoms with Gasteiger partial charge in [0.25, 0.3) is 0 Å². The summed E-state index contributed by atoms with van der Waals surface area (Å²) in [6.45, 7) is 0.259. The van der Waals surface area contributed by atoms with Crippen molar-refractivity contribution in [3.05, 3.63) is 57.6 Å². The number of nitrogens with one attached hydrogen (secondary N) is 1. The lowest BCUT2D eigenvalue weighted by Crippen LogP contribution is -2.11. The summed E-state index contributed by atoms with van der Waals surface area (Å²) in [5.74, 6) is 1.01. The molecule has 0 bridgehead atoms. The summed E-state index contributed by atoms with van der Waals surface area (Å²) in [6.07, 6.45) is 0. The highest BCUT2D eigenvalue weighted by Gasteiger charge is 2.09. The summed E-state index contributed by atoms with van der Waals surface area (Å²) < 4.78 is 10.9. The summed E-state index contributed by atoms with van der Waals surface area (Å²) in [5.41, 5.74) is 6.79.